The lowest BCUT2D eigenvalue weighted by Gasteiger charge is -2.10. The molecule has 64 valence electrons. The molecule has 0 heterocycles. The number of hydrogen-bond acceptors (Lipinski definition) is 1. The Morgan fingerprint density at radius 2 is 1.75 bits per heavy atom. The summed E-state index contributed by atoms with van der Waals surface area (Å²) >= 11 is 0. The predicted molar refractivity (Wildman–Crippen MR) is 53.9 cm³/mol. The van der Waals surface area contributed by atoms with Gasteiger partial charge in [-0.1, -0.05) is 18.7 Å². The average molecular weight is 161 g/mol. The second kappa shape index (κ2) is 3.02. The summed E-state index contributed by atoms with van der Waals surface area (Å²) in [7, 11) is 0. The molecule has 0 spiro atoms. The van der Waals surface area contributed by atoms with E-state index in [1.54, 1.807) is 0 Å². The van der Waals surface area contributed by atoms with Gasteiger partial charge in [0, 0.05) is 5.70 Å². The van der Waals surface area contributed by atoms with Crippen LogP contribution >= 0.6 is 0 Å². The highest BCUT2D eigenvalue weighted by Crippen LogP contribution is 2.19. The van der Waals surface area contributed by atoms with Crippen molar-refractivity contribution in [3.8, 4) is 0 Å². The van der Waals surface area contributed by atoms with Crippen LogP contribution < -0.4 is 5.73 Å². The summed E-state index contributed by atoms with van der Waals surface area (Å²) in [5, 5.41) is 0. The van der Waals surface area contributed by atoms with E-state index in [9.17, 15) is 0 Å². The fourth-order valence-electron chi connectivity index (χ4n) is 1.30. The minimum atomic E-state index is 0.649. The van der Waals surface area contributed by atoms with Gasteiger partial charge < -0.3 is 5.73 Å². The minimum absolute atomic E-state index is 0.649. The van der Waals surface area contributed by atoms with Gasteiger partial charge >= 0.3 is 0 Å². The van der Waals surface area contributed by atoms with Gasteiger partial charge in [0.25, 0.3) is 0 Å². The largest absolute Gasteiger partial charge is 0.399 e. The maximum atomic E-state index is 5.64. The summed E-state index contributed by atoms with van der Waals surface area (Å²) in [6.07, 6.45) is 0. The van der Waals surface area contributed by atoms with Gasteiger partial charge in [0.1, 0.15) is 0 Å². The highest BCUT2D eigenvalue weighted by molar-refractivity contribution is 5.65. The van der Waals surface area contributed by atoms with Crippen molar-refractivity contribution in [2.24, 2.45) is 5.73 Å². The van der Waals surface area contributed by atoms with Crippen molar-refractivity contribution in [2.45, 2.75) is 20.8 Å². The monoisotopic (exact) mass is 161 g/mol. The van der Waals surface area contributed by atoms with E-state index < -0.39 is 0 Å². The van der Waals surface area contributed by atoms with Gasteiger partial charge in [-0.25, -0.2) is 0 Å². The highest BCUT2D eigenvalue weighted by atomic mass is 14.6. The number of nitrogens with two attached hydrogens (primary N) is 1. The molecule has 1 heteroatoms. The first-order valence-corrected chi connectivity index (χ1v) is 4.05. The van der Waals surface area contributed by atoms with Crippen LogP contribution in [0.1, 0.15) is 22.3 Å². The molecule has 1 aromatic rings. The van der Waals surface area contributed by atoms with Crippen LogP contribution in [0.25, 0.3) is 5.70 Å². The smallest absolute Gasteiger partial charge is 0.0317 e. The van der Waals surface area contributed by atoms with Gasteiger partial charge in [0.05, 0.1) is 0 Å². The van der Waals surface area contributed by atoms with E-state index in [1.165, 1.54) is 16.7 Å². The quantitative estimate of drug-likeness (QED) is 0.673. The molecule has 0 atom stereocenters. The Kier molecular flexibility index (Phi) is 2.22. The number of benzene rings is 1. The fraction of sp³-hybridized carbons (Fsp3) is 0.273. The zero-order valence-electron chi connectivity index (χ0n) is 7.94. The Labute approximate surface area is 73.9 Å². The Hall–Kier alpha value is -1.24. The molecule has 2 N–H and O–H groups in total. The Morgan fingerprint density at radius 3 is 2.25 bits per heavy atom. The number of hydrogen-bond donors (Lipinski definition) is 1. The van der Waals surface area contributed by atoms with Gasteiger partial charge in [-0.2, -0.15) is 0 Å². The maximum Gasteiger partial charge on any atom is 0.0317 e. The third kappa shape index (κ3) is 1.35. The lowest BCUT2D eigenvalue weighted by atomic mass is 9.98. The summed E-state index contributed by atoms with van der Waals surface area (Å²) in [5.41, 5.74) is 11.2. The molecule has 0 aliphatic heterocycles. The van der Waals surface area contributed by atoms with Crippen molar-refractivity contribution in [1.82, 2.24) is 0 Å². The van der Waals surface area contributed by atoms with E-state index in [4.69, 9.17) is 5.73 Å². The fourth-order valence-corrected chi connectivity index (χ4v) is 1.30. The van der Waals surface area contributed by atoms with E-state index in [1.807, 2.05) is 6.07 Å². The van der Waals surface area contributed by atoms with Crippen molar-refractivity contribution in [3.63, 3.8) is 0 Å². The van der Waals surface area contributed by atoms with Crippen molar-refractivity contribution in [1.29, 1.82) is 0 Å². The SMILES string of the molecule is C=C(N)c1ccc(C)c(C)c1C. The number of rotatable bonds is 1. The molecule has 0 unspecified atom stereocenters. The molecule has 12 heavy (non-hydrogen) atoms. The molecule has 1 rings (SSSR count). The number of aryl methyl sites for hydroxylation is 1. The summed E-state index contributed by atoms with van der Waals surface area (Å²) < 4.78 is 0. The summed E-state index contributed by atoms with van der Waals surface area (Å²) in [6, 6.07) is 4.11. The molecular formula is C11H15N. The second-order valence-corrected chi connectivity index (χ2v) is 3.21. The molecule has 1 nitrogen and oxygen atoms in total. The summed E-state index contributed by atoms with van der Waals surface area (Å²) in [6.45, 7) is 10.0. The van der Waals surface area contributed by atoms with Crippen molar-refractivity contribution < 1.29 is 0 Å². The molecular weight excluding hydrogens is 146 g/mol. The normalized spacial score (nSPS) is 9.92. The van der Waals surface area contributed by atoms with Gasteiger partial charge in [-0.15, -0.1) is 0 Å². The van der Waals surface area contributed by atoms with E-state index in [0.717, 1.165) is 5.56 Å². The van der Waals surface area contributed by atoms with Crippen LogP contribution in [-0.4, -0.2) is 0 Å². The van der Waals surface area contributed by atoms with Crippen LogP contribution in [0.3, 0.4) is 0 Å². The third-order valence-corrected chi connectivity index (χ3v) is 2.40. The van der Waals surface area contributed by atoms with Crippen LogP contribution in [-0.2, 0) is 0 Å². The minimum Gasteiger partial charge on any atom is -0.399 e. The second-order valence-electron chi connectivity index (χ2n) is 3.21. The van der Waals surface area contributed by atoms with Crippen LogP contribution in [0, 0.1) is 20.8 Å². The van der Waals surface area contributed by atoms with Crippen molar-refractivity contribution >= 4 is 5.70 Å². The molecule has 0 fully saturated rings. The van der Waals surface area contributed by atoms with E-state index in [-0.39, 0.29) is 0 Å². The first-order chi connectivity index (χ1) is 5.54. The van der Waals surface area contributed by atoms with E-state index >= 15 is 0 Å². The zero-order chi connectivity index (χ0) is 9.30. The molecule has 0 saturated carbocycles. The Morgan fingerprint density at radius 1 is 1.17 bits per heavy atom. The topological polar surface area (TPSA) is 26.0 Å². The van der Waals surface area contributed by atoms with Crippen molar-refractivity contribution in [2.75, 3.05) is 0 Å². The van der Waals surface area contributed by atoms with Crippen LogP contribution in [0.5, 0.6) is 0 Å². The highest BCUT2D eigenvalue weighted by Gasteiger charge is 2.03. The Balaban J connectivity index is 3.36. The molecule has 0 aromatic heterocycles. The zero-order valence-corrected chi connectivity index (χ0v) is 7.94. The molecule has 0 amide bonds. The van der Waals surface area contributed by atoms with Gasteiger partial charge in [0.2, 0.25) is 0 Å². The van der Waals surface area contributed by atoms with Crippen LogP contribution in [0.4, 0.5) is 0 Å². The molecule has 0 bridgehead atoms. The van der Waals surface area contributed by atoms with Crippen LogP contribution in [0.15, 0.2) is 18.7 Å². The van der Waals surface area contributed by atoms with Gasteiger partial charge in [-0.3, -0.25) is 0 Å². The molecule has 0 saturated heterocycles. The maximum absolute atomic E-state index is 5.64. The molecule has 0 aliphatic rings. The van der Waals surface area contributed by atoms with Crippen LogP contribution in [0.2, 0.25) is 0 Å². The average Bonchev–Trinajstić information content (AvgIpc) is 2.00. The summed E-state index contributed by atoms with van der Waals surface area (Å²) in [5.74, 6) is 0. The van der Waals surface area contributed by atoms with Gasteiger partial charge in [-0.05, 0) is 43.0 Å². The molecule has 0 radical (unpaired) electrons. The summed E-state index contributed by atoms with van der Waals surface area (Å²) in [4.78, 5) is 0. The van der Waals surface area contributed by atoms with E-state index in [0.29, 0.717) is 5.70 Å². The molecule has 0 aliphatic carbocycles. The first kappa shape index (κ1) is 8.85. The lowest BCUT2D eigenvalue weighted by Crippen LogP contribution is -1.99. The Bertz CT molecular complexity index is 324. The van der Waals surface area contributed by atoms with Gasteiger partial charge in [0.15, 0.2) is 0 Å². The molecule has 1 aromatic carbocycles. The van der Waals surface area contributed by atoms with E-state index in [2.05, 4.69) is 33.4 Å². The predicted octanol–water partition coefficient (Wildman–Crippen LogP) is 2.54. The lowest BCUT2D eigenvalue weighted by molar-refractivity contribution is 1.24. The third-order valence-electron chi connectivity index (χ3n) is 2.40. The van der Waals surface area contributed by atoms with Crippen molar-refractivity contribution in [3.05, 3.63) is 41.0 Å². The first-order valence-electron chi connectivity index (χ1n) is 4.05. The standard InChI is InChI=1S/C11H15N/c1-7-5-6-11(10(4)12)9(3)8(7)2/h5-6H,4,12H2,1-3H3.